The van der Waals surface area contributed by atoms with Crippen LogP contribution in [0.4, 0.5) is 17.2 Å². The second kappa shape index (κ2) is 7.40. The minimum Gasteiger partial charge on any atom is -0.495 e. The molecule has 2 heterocycles. The van der Waals surface area contributed by atoms with Gasteiger partial charge in [0.25, 0.3) is 0 Å². The SMILES string of the molecule is COc1ccc(C)cc1Nc1ncnc(Oc2cccc3cccnc23)c1N. The molecule has 0 amide bonds. The minimum atomic E-state index is 0.252. The van der Waals surface area contributed by atoms with E-state index in [1.54, 1.807) is 13.3 Å². The van der Waals surface area contributed by atoms with Crippen molar-refractivity contribution in [2.45, 2.75) is 6.92 Å². The highest BCUT2D eigenvalue weighted by molar-refractivity contribution is 5.85. The van der Waals surface area contributed by atoms with Crippen LogP contribution in [0.1, 0.15) is 5.56 Å². The van der Waals surface area contributed by atoms with Crippen LogP contribution < -0.4 is 20.5 Å². The fourth-order valence-corrected chi connectivity index (χ4v) is 2.87. The van der Waals surface area contributed by atoms with Crippen molar-refractivity contribution < 1.29 is 9.47 Å². The number of hydrogen-bond donors (Lipinski definition) is 2. The summed E-state index contributed by atoms with van der Waals surface area (Å²) < 4.78 is 11.4. The molecule has 7 heteroatoms. The summed E-state index contributed by atoms with van der Waals surface area (Å²) in [6, 6.07) is 15.3. The Balaban J connectivity index is 1.68. The maximum Gasteiger partial charge on any atom is 0.248 e. The molecule has 2 aromatic heterocycles. The van der Waals surface area contributed by atoms with E-state index in [9.17, 15) is 0 Å². The molecule has 0 aliphatic carbocycles. The van der Waals surface area contributed by atoms with E-state index in [0.717, 1.165) is 22.2 Å². The molecule has 0 spiro atoms. The molecule has 4 rings (SSSR count). The van der Waals surface area contributed by atoms with Crippen LogP contribution in [-0.4, -0.2) is 22.1 Å². The van der Waals surface area contributed by atoms with Crippen molar-refractivity contribution in [3.05, 3.63) is 66.6 Å². The highest BCUT2D eigenvalue weighted by Crippen LogP contribution is 2.35. The largest absolute Gasteiger partial charge is 0.495 e. The second-order valence-corrected chi connectivity index (χ2v) is 6.20. The maximum absolute atomic E-state index is 6.28. The quantitative estimate of drug-likeness (QED) is 0.533. The van der Waals surface area contributed by atoms with Gasteiger partial charge in [-0.1, -0.05) is 24.3 Å². The van der Waals surface area contributed by atoms with E-state index in [1.165, 1.54) is 6.33 Å². The van der Waals surface area contributed by atoms with Gasteiger partial charge in [0.15, 0.2) is 11.6 Å². The summed E-state index contributed by atoms with van der Waals surface area (Å²) in [5.41, 5.74) is 9.14. The minimum absolute atomic E-state index is 0.252. The van der Waals surface area contributed by atoms with Gasteiger partial charge in [-0.05, 0) is 36.8 Å². The van der Waals surface area contributed by atoms with Gasteiger partial charge in [-0.25, -0.2) is 4.98 Å². The average molecular weight is 373 g/mol. The van der Waals surface area contributed by atoms with Crippen LogP contribution in [0.5, 0.6) is 17.4 Å². The first-order valence-corrected chi connectivity index (χ1v) is 8.69. The molecule has 0 saturated carbocycles. The number of ether oxygens (including phenoxy) is 2. The summed E-state index contributed by atoms with van der Waals surface area (Å²) >= 11 is 0. The molecule has 7 nitrogen and oxygen atoms in total. The Morgan fingerprint density at radius 1 is 0.964 bits per heavy atom. The van der Waals surface area contributed by atoms with Crippen LogP contribution >= 0.6 is 0 Å². The molecule has 2 aromatic carbocycles. The third kappa shape index (κ3) is 3.37. The average Bonchev–Trinajstić information content (AvgIpc) is 2.71. The monoisotopic (exact) mass is 373 g/mol. The fraction of sp³-hybridized carbons (Fsp3) is 0.0952. The highest BCUT2D eigenvalue weighted by Gasteiger charge is 2.14. The van der Waals surface area contributed by atoms with E-state index in [0.29, 0.717) is 23.0 Å². The zero-order valence-corrected chi connectivity index (χ0v) is 15.5. The smallest absolute Gasteiger partial charge is 0.248 e. The Kier molecular flexibility index (Phi) is 4.63. The van der Waals surface area contributed by atoms with Gasteiger partial charge in [0.1, 0.15) is 23.3 Å². The lowest BCUT2D eigenvalue weighted by molar-refractivity contribution is 0.416. The molecule has 0 aliphatic heterocycles. The Labute approximate surface area is 162 Å². The summed E-state index contributed by atoms with van der Waals surface area (Å²) in [5, 5.41) is 4.17. The Morgan fingerprint density at radius 3 is 2.68 bits per heavy atom. The van der Waals surface area contributed by atoms with Crippen LogP contribution in [0.3, 0.4) is 0 Å². The Hall–Kier alpha value is -3.87. The van der Waals surface area contributed by atoms with Crippen molar-refractivity contribution >= 4 is 28.1 Å². The summed E-state index contributed by atoms with van der Waals surface area (Å²) in [4.78, 5) is 12.8. The standard InChI is InChI=1S/C21H19N5O2/c1-13-8-9-16(27-2)15(11-13)26-20-18(22)21(25-12-24-20)28-17-7-3-5-14-6-4-10-23-19(14)17/h3-12H,22H2,1-2H3,(H,24,25,26). The number of aromatic nitrogens is 3. The van der Waals surface area contributed by atoms with Crippen molar-refractivity contribution in [2.24, 2.45) is 0 Å². The van der Waals surface area contributed by atoms with Gasteiger partial charge in [-0.2, -0.15) is 4.98 Å². The van der Waals surface area contributed by atoms with E-state index in [-0.39, 0.29) is 5.88 Å². The predicted octanol–water partition coefficient (Wildman–Crippen LogP) is 4.46. The zero-order chi connectivity index (χ0) is 19.5. The van der Waals surface area contributed by atoms with Gasteiger partial charge < -0.3 is 20.5 Å². The third-order valence-electron chi connectivity index (χ3n) is 4.26. The van der Waals surface area contributed by atoms with Crippen LogP contribution in [0.15, 0.2) is 61.1 Å². The Morgan fingerprint density at radius 2 is 1.82 bits per heavy atom. The molecular weight excluding hydrogens is 354 g/mol. The number of anilines is 3. The highest BCUT2D eigenvalue weighted by atomic mass is 16.5. The van der Waals surface area contributed by atoms with Crippen LogP contribution in [0.2, 0.25) is 0 Å². The van der Waals surface area contributed by atoms with Crippen molar-refractivity contribution in [3.63, 3.8) is 0 Å². The molecule has 4 aromatic rings. The third-order valence-corrected chi connectivity index (χ3v) is 4.26. The lowest BCUT2D eigenvalue weighted by atomic mass is 10.2. The number of fused-ring (bicyclic) bond motifs is 1. The number of nitrogen functional groups attached to an aromatic ring is 1. The first-order valence-electron chi connectivity index (χ1n) is 8.69. The lowest BCUT2D eigenvalue weighted by Gasteiger charge is -2.14. The first-order chi connectivity index (χ1) is 13.7. The summed E-state index contributed by atoms with van der Waals surface area (Å²) in [7, 11) is 1.61. The van der Waals surface area contributed by atoms with E-state index >= 15 is 0 Å². The number of rotatable bonds is 5. The molecule has 0 bridgehead atoms. The van der Waals surface area contributed by atoms with Gasteiger partial charge in [0, 0.05) is 11.6 Å². The summed E-state index contributed by atoms with van der Waals surface area (Å²) in [6.07, 6.45) is 3.12. The summed E-state index contributed by atoms with van der Waals surface area (Å²) in [6.45, 7) is 2.00. The Bertz CT molecular complexity index is 1140. The molecule has 0 aliphatic rings. The number of benzene rings is 2. The molecular formula is C21H19N5O2. The van der Waals surface area contributed by atoms with Crippen molar-refractivity contribution in [1.29, 1.82) is 0 Å². The molecule has 0 fully saturated rings. The normalized spacial score (nSPS) is 10.6. The van der Waals surface area contributed by atoms with Gasteiger partial charge >= 0.3 is 0 Å². The first kappa shape index (κ1) is 17.5. The molecule has 0 radical (unpaired) electrons. The van der Waals surface area contributed by atoms with E-state index in [4.69, 9.17) is 15.2 Å². The van der Waals surface area contributed by atoms with Gasteiger partial charge in [0.2, 0.25) is 5.88 Å². The van der Waals surface area contributed by atoms with E-state index in [2.05, 4.69) is 20.3 Å². The van der Waals surface area contributed by atoms with E-state index < -0.39 is 0 Å². The number of nitrogens with zero attached hydrogens (tertiary/aromatic N) is 3. The predicted molar refractivity (Wildman–Crippen MR) is 109 cm³/mol. The van der Waals surface area contributed by atoms with Crippen molar-refractivity contribution in [3.8, 4) is 17.4 Å². The number of aryl methyl sites for hydroxylation is 1. The zero-order valence-electron chi connectivity index (χ0n) is 15.5. The summed E-state index contributed by atoms with van der Waals surface area (Å²) in [5.74, 6) is 1.94. The van der Waals surface area contributed by atoms with Crippen molar-refractivity contribution in [1.82, 2.24) is 15.0 Å². The number of para-hydroxylation sites is 1. The van der Waals surface area contributed by atoms with Gasteiger partial charge in [-0.15, -0.1) is 0 Å². The topological polar surface area (TPSA) is 95.2 Å². The number of methoxy groups -OCH3 is 1. The van der Waals surface area contributed by atoms with E-state index in [1.807, 2.05) is 55.5 Å². The number of nitrogens with one attached hydrogen (secondary N) is 1. The molecule has 0 saturated heterocycles. The lowest BCUT2D eigenvalue weighted by Crippen LogP contribution is -2.04. The van der Waals surface area contributed by atoms with Gasteiger partial charge in [0.05, 0.1) is 12.8 Å². The second-order valence-electron chi connectivity index (χ2n) is 6.20. The van der Waals surface area contributed by atoms with Crippen molar-refractivity contribution in [2.75, 3.05) is 18.2 Å². The number of hydrogen-bond acceptors (Lipinski definition) is 7. The van der Waals surface area contributed by atoms with Crippen LogP contribution in [-0.2, 0) is 0 Å². The number of nitrogens with two attached hydrogens (primary N) is 1. The molecule has 3 N–H and O–H groups in total. The molecule has 28 heavy (non-hydrogen) atoms. The van der Waals surface area contributed by atoms with Crippen LogP contribution in [0.25, 0.3) is 10.9 Å². The molecule has 140 valence electrons. The van der Waals surface area contributed by atoms with Gasteiger partial charge in [-0.3, -0.25) is 4.98 Å². The molecule has 0 unspecified atom stereocenters. The fourth-order valence-electron chi connectivity index (χ4n) is 2.87. The maximum atomic E-state index is 6.28. The molecule has 0 atom stereocenters. The number of pyridine rings is 1. The van der Waals surface area contributed by atoms with Crippen LogP contribution in [0, 0.1) is 6.92 Å².